The Morgan fingerprint density at radius 1 is 1.40 bits per heavy atom. The summed E-state index contributed by atoms with van der Waals surface area (Å²) < 4.78 is 5.18. The van der Waals surface area contributed by atoms with Gasteiger partial charge in [0, 0.05) is 6.42 Å². The van der Waals surface area contributed by atoms with E-state index in [1.807, 2.05) is 44.1 Å². The molecule has 0 amide bonds. The molecule has 0 heterocycles. The Morgan fingerprint density at radius 2 is 2.07 bits per heavy atom. The van der Waals surface area contributed by atoms with Gasteiger partial charge in [-0.25, -0.2) is 0 Å². The minimum Gasteiger partial charge on any atom is -0.497 e. The Labute approximate surface area is 91.8 Å². The highest BCUT2D eigenvalue weighted by Gasteiger charge is 2.21. The van der Waals surface area contributed by atoms with Gasteiger partial charge in [-0.2, -0.15) is 0 Å². The summed E-state index contributed by atoms with van der Waals surface area (Å²) in [6, 6.07) is 8.01. The van der Waals surface area contributed by atoms with Crippen molar-refractivity contribution in [1.82, 2.24) is 4.90 Å². The molecule has 15 heavy (non-hydrogen) atoms. The minimum absolute atomic E-state index is 0.327. The number of rotatable bonds is 4. The molecule has 2 N–H and O–H groups in total. The zero-order valence-electron chi connectivity index (χ0n) is 9.95. The molecule has 1 atom stereocenters. The highest BCUT2D eigenvalue weighted by molar-refractivity contribution is 5.29. The van der Waals surface area contributed by atoms with Gasteiger partial charge in [-0.15, -0.1) is 0 Å². The lowest BCUT2D eigenvalue weighted by Crippen LogP contribution is -2.51. The lowest BCUT2D eigenvalue weighted by molar-refractivity contribution is 0.180. The smallest absolute Gasteiger partial charge is 0.119 e. The fourth-order valence-corrected chi connectivity index (χ4v) is 1.35. The monoisotopic (exact) mass is 208 g/mol. The number of hydrogen-bond acceptors (Lipinski definition) is 3. The first-order valence-corrected chi connectivity index (χ1v) is 5.05. The molecule has 1 aromatic rings. The van der Waals surface area contributed by atoms with Gasteiger partial charge in [-0.05, 0) is 38.7 Å². The Hall–Kier alpha value is -1.06. The summed E-state index contributed by atoms with van der Waals surface area (Å²) in [6.07, 6.45) is 0.803. The Kier molecular flexibility index (Phi) is 3.72. The van der Waals surface area contributed by atoms with Crippen molar-refractivity contribution in [3.8, 4) is 5.75 Å². The number of nitrogens with two attached hydrogens (primary N) is 1. The molecule has 0 aliphatic rings. The highest BCUT2D eigenvalue weighted by Crippen LogP contribution is 2.17. The van der Waals surface area contributed by atoms with Crippen LogP contribution in [0.1, 0.15) is 12.5 Å². The molecule has 0 aliphatic heterocycles. The molecule has 0 saturated heterocycles. The second-order valence-electron chi connectivity index (χ2n) is 4.28. The van der Waals surface area contributed by atoms with Crippen LogP contribution >= 0.6 is 0 Å². The van der Waals surface area contributed by atoms with Crippen LogP contribution < -0.4 is 10.5 Å². The van der Waals surface area contributed by atoms with Gasteiger partial charge in [0.2, 0.25) is 0 Å². The predicted octanol–water partition coefficient (Wildman–Crippen LogP) is 1.47. The maximum absolute atomic E-state index is 6.17. The Morgan fingerprint density at radius 3 is 2.60 bits per heavy atom. The van der Waals surface area contributed by atoms with Gasteiger partial charge in [0.15, 0.2) is 0 Å². The van der Waals surface area contributed by atoms with Crippen molar-refractivity contribution in [3.63, 3.8) is 0 Å². The molecule has 3 nitrogen and oxygen atoms in total. The van der Waals surface area contributed by atoms with E-state index in [1.165, 1.54) is 5.56 Å². The lowest BCUT2D eigenvalue weighted by atomic mass is 10.0. The van der Waals surface area contributed by atoms with E-state index >= 15 is 0 Å². The molecule has 0 bridgehead atoms. The van der Waals surface area contributed by atoms with E-state index in [1.54, 1.807) is 7.11 Å². The van der Waals surface area contributed by atoms with Gasteiger partial charge in [0.1, 0.15) is 5.75 Å². The van der Waals surface area contributed by atoms with Crippen LogP contribution in [0.4, 0.5) is 0 Å². The average molecular weight is 208 g/mol. The Bertz CT molecular complexity index is 321. The van der Waals surface area contributed by atoms with E-state index in [4.69, 9.17) is 10.5 Å². The predicted molar refractivity (Wildman–Crippen MR) is 63.0 cm³/mol. The summed E-state index contributed by atoms with van der Waals surface area (Å²) in [6.45, 7) is 2.02. The first-order valence-electron chi connectivity index (χ1n) is 5.05. The van der Waals surface area contributed by atoms with Crippen LogP contribution in [-0.4, -0.2) is 31.8 Å². The van der Waals surface area contributed by atoms with Crippen LogP contribution in [0.25, 0.3) is 0 Å². The van der Waals surface area contributed by atoms with Gasteiger partial charge in [0.25, 0.3) is 0 Å². The molecule has 1 rings (SSSR count). The summed E-state index contributed by atoms with van der Waals surface area (Å²) in [5.74, 6) is 0.877. The van der Waals surface area contributed by atoms with Gasteiger partial charge < -0.3 is 10.5 Å². The van der Waals surface area contributed by atoms with Crippen molar-refractivity contribution in [1.29, 1.82) is 0 Å². The zero-order valence-corrected chi connectivity index (χ0v) is 9.95. The van der Waals surface area contributed by atoms with Crippen LogP contribution in [0.5, 0.6) is 5.75 Å². The fraction of sp³-hybridized carbons (Fsp3) is 0.500. The molecular weight excluding hydrogens is 188 g/mol. The fourth-order valence-electron chi connectivity index (χ4n) is 1.35. The van der Waals surface area contributed by atoms with E-state index in [-0.39, 0.29) is 5.66 Å². The maximum Gasteiger partial charge on any atom is 0.119 e. The molecule has 0 fully saturated rings. The number of nitrogens with zero attached hydrogens (tertiary/aromatic N) is 1. The van der Waals surface area contributed by atoms with Crippen LogP contribution in [0.2, 0.25) is 0 Å². The van der Waals surface area contributed by atoms with Gasteiger partial charge >= 0.3 is 0 Å². The molecule has 1 unspecified atom stereocenters. The van der Waals surface area contributed by atoms with Crippen LogP contribution in [-0.2, 0) is 6.42 Å². The summed E-state index contributed by atoms with van der Waals surface area (Å²) in [5, 5.41) is 0. The van der Waals surface area contributed by atoms with Gasteiger partial charge in [0.05, 0.1) is 12.8 Å². The van der Waals surface area contributed by atoms with Gasteiger partial charge in [-0.3, -0.25) is 4.90 Å². The maximum atomic E-state index is 6.17. The largest absolute Gasteiger partial charge is 0.497 e. The molecule has 0 radical (unpaired) electrons. The molecule has 1 aromatic carbocycles. The zero-order chi connectivity index (χ0) is 11.5. The normalized spacial score (nSPS) is 15.1. The molecule has 0 spiro atoms. The van der Waals surface area contributed by atoms with Crippen molar-refractivity contribution in [3.05, 3.63) is 29.8 Å². The topological polar surface area (TPSA) is 38.5 Å². The van der Waals surface area contributed by atoms with E-state index in [9.17, 15) is 0 Å². The van der Waals surface area contributed by atoms with Crippen molar-refractivity contribution in [2.75, 3.05) is 21.2 Å². The van der Waals surface area contributed by atoms with E-state index in [0.717, 1.165) is 12.2 Å². The summed E-state index contributed by atoms with van der Waals surface area (Å²) in [7, 11) is 5.65. The Balaban J connectivity index is 2.80. The van der Waals surface area contributed by atoms with E-state index in [0.29, 0.717) is 0 Å². The first-order chi connectivity index (χ1) is 6.95. The number of hydrogen-bond donors (Lipinski definition) is 1. The third kappa shape index (κ3) is 3.22. The molecule has 0 aliphatic carbocycles. The first kappa shape index (κ1) is 12.0. The van der Waals surface area contributed by atoms with Crippen molar-refractivity contribution >= 4 is 0 Å². The standard InChI is InChI=1S/C12H20N2O/c1-12(13,14(2)3)9-10-6-5-7-11(8-10)15-4/h5-8H,9,13H2,1-4H3. The third-order valence-corrected chi connectivity index (χ3v) is 2.72. The molecular formula is C12H20N2O. The molecule has 0 aromatic heterocycles. The van der Waals surface area contributed by atoms with Crippen LogP contribution in [0, 0.1) is 0 Å². The summed E-state index contributed by atoms with van der Waals surface area (Å²) in [4.78, 5) is 2.02. The van der Waals surface area contributed by atoms with E-state index in [2.05, 4.69) is 6.07 Å². The van der Waals surface area contributed by atoms with Crippen molar-refractivity contribution < 1.29 is 4.74 Å². The number of likely N-dealkylation sites (N-methyl/N-ethyl adjacent to an activating group) is 1. The quantitative estimate of drug-likeness (QED) is 0.762. The summed E-state index contributed by atoms with van der Waals surface area (Å²) in [5.41, 5.74) is 7.03. The molecule has 3 heteroatoms. The number of methoxy groups -OCH3 is 1. The van der Waals surface area contributed by atoms with Crippen LogP contribution in [0.15, 0.2) is 24.3 Å². The molecule has 84 valence electrons. The van der Waals surface area contributed by atoms with Gasteiger partial charge in [-0.1, -0.05) is 12.1 Å². The van der Waals surface area contributed by atoms with Crippen LogP contribution in [0.3, 0.4) is 0 Å². The van der Waals surface area contributed by atoms with E-state index < -0.39 is 0 Å². The second-order valence-corrected chi connectivity index (χ2v) is 4.28. The minimum atomic E-state index is -0.327. The summed E-state index contributed by atoms with van der Waals surface area (Å²) >= 11 is 0. The average Bonchev–Trinajstić information content (AvgIpc) is 2.17. The highest BCUT2D eigenvalue weighted by atomic mass is 16.5. The molecule has 0 saturated carbocycles. The second kappa shape index (κ2) is 4.64. The van der Waals surface area contributed by atoms with Crippen molar-refractivity contribution in [2.24, 2.45) is 5.73 Å². The lowest BCUT2D eigenvalue weighted by Gasteiger charge is -2.32. The van der Waals surface area contributed by atoms with Crippen molar-refractivity contribution in [2.45, 2.75) is 19.0 Å². The number of ether oxygens (including phenoxy) is 1. The SMILES string of the molecule is COc1cccc(CC(C)(N)N(C)C)c1. The third-order valence-electron chi connectivity index (χ3n) is 2.72. The number of benzene rings is 1.